The molecule has 0 aromatic carbocycles. The van der Waals surface area contributed by atoms with Gasteiger partial charge in [-0.05, 0) is 37.2 Å². The third-order valence-corrected chi connectivity index (χ3v) is 4.71. The Kier molecular flexibility index (Phi) is 5.20. The molecule has 25 heavy (non-hydrogen) atoms. The lowest BCUT2D eigenvalue weighted by atomic mass is 9.93. The molecule has 0 bridgehead atoms. The maximum atomic E-state index is 12.8. The maximum Gasteiger partial charge on any atom is 0.272 e. The van der Waals surface area contributed by atoms with E-state index in [1.165, 1.54) is 0 Å². The molecule has 3 heterocycles. The molecule has 1 amide bonds. The predicted octanol–water partition coefficient (Wildman–Crippen LogP) is 2.40. The zero-order valence-electron chi connectivity index (χ0n) is 15.5. The summed E-state index contributed by atoms with van der Waals surface area (Å²) in [6.07, 6.45) is 3.66. The van der Waals surface area contributed by atoms with Crippen molar-refractivity contribution in [3.63, 3.8) is 0 Å². The second-order valence-electron chi connectivity index (χ2n) is 7.41. The molecule has 0 spiro atoms. The summed E-state index contributed by atoms with van der Waals surface area (Å²) in [5.74, 6) is 2.49. The molecule has 0 radical (unpaired) electrons. The summed E-state index contributed by atoms with van der Waals surface area (Å²) < 4.78 is 6.75. The molecule has 136 valence electrons. The molecule has 2 aromatic heterocycles. The summed E-state index contributed by atoms with van der Waals surface area (Å²) in [4.78, 5) is 19.0. The SMILES string of the molecule is Cc1nc(CC2CCN(C(=O)c3cc(CC(C)C)nn3C)CC2)no1. The molecule has 2 aromatic rings. The number of aromatic nitrogens is 4. The van der Waals surface area contributed by atoms with E-state index in [2.05, 4.69) is 29.1 Å². The van der Waals surface area contributed by atoms with Gasteiger partial charge < -0.3 is 9.42 Å². The topological polar surface area (TPSA) is 77.1 Å². The van der Waals surface area contributed by atoms with Crippen molar-refractivity contribution in [1.82, 2.24) is 24.8 Å². The van der Waals surface area contributed by atoms with Crippen molar-refractivity contribution in [2.24, 2.45) is 18.9 Å². The number of hydrogen-bond donors (Lipinski definition) is 0. The lowest BCUT2D eigenvalue weighted by Crippen LogP contribution is -2.39. The Hall–Kier alpha value is -2.18. The van der Waals surface area contributed by atoms with Crippen LogP contribution >= 0.6 is 0 Å². The average molecular weight is 345 g/mol. The van der Waals surface area contributed by atoms with Gasteiger partial charge in [0.15, 0.2) is 5.82 Å². The molecular formula is C18H27N5O2. The van der Waals surface area contributed by atoms with Crippen LogP contribution in [0.15, 0.2) is 10.6 Å². The van der Waals surface area contributed by atoms with Crippen molar-refractivity contribution in [2.75, 3.05) is 13.1 Å². The van der Waals surface area contributed by atoms with E-state index in [1.807, 2.05) is 18.0 Å². The first-order valence-electron chi connectivity index (χ1n) is 9.03. The highest BCUT2D eigenvalue weighted by Gasteiger charge is 2.26. The number of likely N-dealkylation sites (tertiary alicyclic amines) is 1. The zero-order valence-corrected chi connectivity index (χ0v) is 15.5. The molecule has 0 N–H and O–H groups in total. The molecule has 7 heteroatoms. The second-order valence-corrected chi connectivity index (χ2v) is 7.41. The lowest BCUT2D eigenvalue weighted by Gasteiger charge is -2.31. The van der Waals surface area contributed by atoms with Crippen molar-refractivity contribution in [1.29, 1.82) is 0 Å². The average Bonchev–Trinajstić information content (AvgIpc) is 3.12. The van der Waals surface area contributed by atoms with E-state index >= 15 is 0 Å². The van der Waals surface area contributed by atoms with E-state index in [4.69, 9.17) is 4.52 Å². The van der Waals surface area contributed by atoms with Crippen LogP contribution in [0, 0.1) is 18.8 Å². The smallest absolute Gasteiger partial charge is 0.272 e. The largest absolute Gasteiger partial charge is 0.340 e. The first-order valence-corrected chi connectivity index (χ1v) is 9.03. The fourth-order valence-electron chi connectivity index (χ4n) is 3.43. The van der Waals surface area contributed by atoms with Crippen molar-refractivity contribution in [3.05, 3.63) is 29.2 Å². The third kappa shape index (κ3) is 4.27. The van der Waals surface area contributed by atoms with Gasteiger partial charge in [0.25, 0.3) is 5.91 Å². The van der Waals surface area contributed by atoms with Crippen molar-refractivity contribution < 1.29 is 9.32 Å². The highest BCUT2D eigenvalue weighted by atomic mass is 16.5. The van der Waals surface area contributed by atoms with Gasteiger partial charge in [0.1, 0.15) is 5.69 Å². The van der Waals surface area contributed by atoms with Gasteiger partial charge in [-0.25, -0.2) is 0 Å². The number of aryl methyl sites for hydroxylation is 2. The van der Waals surface area contributed by atoms with Crippen LogP contribution in [0.3, 0.4) is 0 Å². The zero-order chi connectivity index (χ0) is 18.0. The Morgan fingerprint density at radius 3 is 2.68 bits per heavy atom. The number of carbonyl (C=O) groups excluding carboxylic acids is 1. The van der Waals surface area contributed by atoms with E-state index in [9.17, 15) is 4.79 Å². The monoisotopic (exact) mass is 345 g/mol. The predicted molar refractivity (Wildman–Crippen MR) is 93.1 cm³/mol. The Bertz CT molecular complexity index is 726. The number of nitrogens with zero attached hydrogens (tertiary/aromatic N) is 5. The van der Waals surface area contributed by atoms with E-state index in [0.29, 0.717) is 23.4 Å². The second kappa shape index (κ2) is 7.37. The van der Waals surface area contributed by atoms with Crippen LogP contribution < -0.4 is 0 Å². The summed E-state index contributed by atoms with van der Waals surface area (Å²) in [6, 6.07) is 1.94. The maximum absolute atomic E-state index is 12.8. The first kappa shape index (κ1) is 17.6. The lowest BCUT2D eigenvalue weighted by molar-refractivity contribution is 0.0678. The van der Waals surface area contributed by atoms with Crippen molar-refractivity contribution in [2.45, 2.75) is 46.5 Å². The van der Waals surface area contributed by atoms with E-state index in [1.54, 1.807) is 11.6 Å². The third-order valence-electron chi connectivity index (χ3n) is 4.71. The number of hydrogen-bond acceptors (Lipinski definition) is 5. The van der Waals surface area contributed by atoms with Gasteiger partial charge in [0, 0.05) is 33.5 Å². The minimum Gasteiger partial charge on any atom is -0.340 e. The molecule has 1 fully saturated rings. The molecule has 7 nitrogen and oxygen atoms in total. The Balaban J connectivity index is 1.57. The van der Waals surface area contributed by atoms with Crippen LogP contribution in [-0.4, -0.2) is 43.8 Å². The number of rotatable bonds is 5. The van der Waals surface area contributed by atoms with Gasteiger partial charge >= 0.3 is 0 Å². The number of piperidine rings is 1. The minimum absolute atomic E-state index is 0.0823. The quantitative estimate of drug-likeness (QED) is 0.831. The van der Waals surface area contributed by atoms with Gasteiger partial charge in [0.05, 0.1) is 5.69 Å². The first-order chi connectivity index (χ1) is 11.9. The molecule has 0 saturated carbocycles. The van der Waals surface area contributed by atoms with Gasteiger partial charge in [-0.15, -0.1) is 0 Å². The fraction of sp³-hybridized carbons (Fsp3) is 0.667. The Labute approximate surface area is 148 Å². The van der Waals surface area contributed by atoms with Gasteiger partial charge in [0.2, 0.25) is 5.89 Å². The van der Waals surface area contributed by atoms with Crippen LogP contribution in [0.1, 0.15) is 54.6 Å². The molecule has 1 aliphatic rings. The van der Waals surface area contributed by atoms with Crippen LogP contribution in [0.25, 0.3) is 0 Å². The van der Waals surface area contributed by atoms with E-state index < -0.39 is 0 Å². The van der Waals surface area contributed by atoms with Crippen LogP contribution in [-0.2, 0) is 19.9 Å². The van der Waals surface area contributed by atoms with Crippen LogP contribution in [0.5, 0.6) is 0 Å². The Morgan fingerprint density at radius 2 is 2.08 bits per heavy atom. The summed E-state index contributed by atoms with van der Waals surface area (Å²) in [6.45, 7) is 7.66. The van der Waals surface area contributed by atoms with Crippen LogP contribution in [0.2, 0.25) is 0 Å². The standard InChI is InChI=1S/C18H27N5O2/c1-12(2)9-15-11-16(22(4)20-15)18(24)23-7-5-14(6-8-23)10-17-19-13(3)25-21-17/h11-12,14H,5-10H2,1-4H3. The fourth-order valence-corrected chi connectivity index (χ4v) is 3.43. The molecule has 0 unspecified atom stereocenters. The van der Waals surface area contributed by atoms with Crippen molar-refractivity contribution in [3.8, 4) is 0 Å². The molecule has 1 aliphatic heterocycles. The van der Waals surface area contributed by atoms with Gasteiger partial charge in [-0.2, -0.15) is 10.1 Å². The molecule has 0 atom stereocenters. The van der Waals surface area contributed by atoms with Crippen molar-refractivity contribution >= 4 is 5.91 Å². The highest BCUT2D eigenvalue weighted by molar-refractivity contribution is 5.92. The van der Waals surface area contributed by atoms with E-state index in [0.717, 1.165) is 50.3 Å². The number of amides is 1. The highest BCUT2D eigenvalue weighted by Crippen LogP contribution is 2.22. The molecule has 1 saturated heterocycles. The number of carbonyl (C=O) groups is 1. The van der Waals surface area contributed by atoms with Gasteiger partial charge in [-0.1, -0.05) is 19.0 Å². The summed E-state index contributed by atoms with van der Waals surface area (Å²) in [7, 11) is 1.85. The van der Waals surface area contributed by atoms with Gasteiger partial charge in [-0.3, -0.25) is 9.48 Å². The molecule has 0 aliphatic carbocycles. The minimum atomic E-state index is 0.0823. The summed E-state index contributed by atoms with van der Waals surface area (Å²) >= 11 is 0. The van der Waals surface area contributed by atoms with E-state index in [-0.39, 0.29) is 5.91 Å². The molecular weight excluding hydrogens is 318 g/mol. The summed E-state index contributed by atoms with van der Waals surface area (Å²) in [5, 5.41) is 8.45. The molecule has 3 rings (SSSR count). The normalized spacial score (nSPS) is 16.0. The Morgan fingerprint density at radius 1 is 1.36 bits per heavy atom. The summed E-state index contributed by atoms with van der Waals surface area (Å²) in [5.41, 5.74) is 1.67. The van der Waals surface area contributed by atoms with Crippen LogP contribution in [0.4, 0.5) is 0 Å².